The minimum absolute atomic E-state index is 0.298. The van der Waals surface area contributed by atoms with E-state index in [4.69, 9.17) is 4.74 Å². The van der Waals surface area contributed by atoms with Crippen molar-refractivity contribution in [2.24, 2.45) is 0 Å². The van der Waals surface area contributed by atoms with Gasteiger partial charge in [-0.2, -0.15) is 0 Å². The third kappa shape index (κ3) is 4.13. The normalized spacial score (nSPS) is 17.6. The largest absolute Gasteiger partial charge is 0.376 e. The number of rotatable bonds is 6. The Balaban J connectivity index is 1.52. The summed E-state index contributed by atoms with van der Waals surface area (Å²) >= 11 is 0. The fraction of sp³-hybridized carbons (Fsp3) is 0.400. The first kappa shape index (κ1) is 13.8. The molecule has 3 heterocycles. The van der Waals surface area contributed by atoms with Gasteiger partial charge in [0.15, 0.2) is 0 Å². The van der Waals surface area contributed by atoms with Gasteiger partial charge in [-0.3, -0.25) is 4.98 Å². The van der Waals surface area contributed by atoms with Crippen LogP contribution in [-0.4, -0.2) is 34.2 Å². The van der Waals surface area contributed by atoms with E-state index in [1.54, 1.807) is 12.5 Å². The average molecular weight is 285 g/mol. The summed E-state index contributed by atoms with van der Waals surface area (Å²) in [5.74, 6) is 1.61. The van der Waals surface area contributed by atoms with Crippen molar-refractivity contribution in [2.75, 3.05) is 23.8 Å². The molecule has 0 spiro atoms. The van der Waals surface area contributed by atoms with Crippen molar-refractivity contribution in [2.45, 2.75) is 25.5 Å². The van der Waals surface area contributed by atoms with Crippen molar-refractivity contribution >= 4 is 11.6 Å². The quantitative estimate of drug-likeness (QED) is 0.846. The van der Waals surface area contributed by atoms with Gasteiger partial charge < -0.3 is 15.4 Å². The fourth-order valence-electron chi connectivity index (χ4n) is 2.27. The lowest BCUT2D eigenvalue weighted by Gasteiger charge is -2.12. The second-order valence-electron chi connectivity index (χ2n) is 5.02. The van der Waals surface area contributed by atoms with Gasteiger partial charge in [-0.15, -0.1) is 0 Å². The van der Waals surface area contributed by atoms with Gasteiger partial charge in [0.2, 0.25) is 0 Å². The number of nitrogens with one attached hydrogen (secondary N) is 2. The maximum Gasteiger partial charge on any atom is 0.131 e. The molecular formula is C15H19N5O. The Hall–Kier alpha value is -2.21. The molecule has 0 aromatic carbocycles. The maximum absolute atomic E-state index is 5.58. The van der Waals surface area contributed by atoms with Gasteiger partial charge in [-0.05, 0) is 24.5 Å². The molecule has 3 rings (SSSR count). The van der Waals surface area contributed by atoms with E-state index in [1.807, 2.05) is 24.4 Å². The lowest BCUT2D eigenvalue weighted by atomic mass is 10.2. The maximum atomic E-state index is 5.58. The van der Waals surface area contributed by atoms with E-state index < -0.39 is 0 Å². The van der Waals surface area contributed by atoms with Crippen LogP contribution in [0.4, 0.5) is 11.6 Å². The molecule has 0 amide bonds. The summed E-state index contributed by atoms with van der Waals surface area (Å²) in [6.45, 7) is 2.35. The Morgan fingerprint density at radius 2 is 2.14 bits per heavy atom. The Kier molecular flexibility index (Phi) is 4.58. The van der Waals surface area contributed by atoms with E-state index in [9.17, 15) is 0 Å². The number of pyridine rings is 1. The summed E-state index contributed by atoms with van der Waals surface area (Å²) < 4.78 is 5.58. The average Bonchev–Trinajstić information content (AvgIpc) is 3.06. The van der Waals surface area contributed by atoms with Crippen LogP contribution in [0.25, 0.3) is 0 Å². The molecule has 1 atom stereocenters. The SMILES string of the molecule is c1cncc(CNc2cc(NCC3CCCO3)ncn2)c1. The molecule has 0 saturated carbocycles. The van der Waals surface area contributed by atoms with E-state index in [0.29, 0.717) is 12.6 Å². The Morgan fingerprint density at radius 3 is 2.90 bits per heavy atom. The Labute approximate surface area is 124 Å². The second kappa shape index (κ2) is 6.99. The number of hydrogen-bond donors (Lipinski definition) is 2. The topological polar surface area (TPSA) is 72.0 Å². The van der Waals surface area contributed by atoms with Gasteiger partial charge >= 0.3 is 0 Å². The molecule has 2 N–H and O–H groups in total. The molecule has 1 fully saturated rings. The van der Waals surface area contributed by atoms with E-state index in [1.165, 1.54) is 0 Å². The van der Waals surface area contributed by atoms with Crippen LogP contribution in [0.1, 0.15) is 18.4 Å². The molecule has 2 aromatic heterocycles. The number of nitrogens with zero attached hydrogens (tertiary/aromatic N) is 3. The summed E-state index contributed by atoms with van der Waals surface area (Å²) in [5.41, 5.74) is 1.12. The molecule has 0 bridgehead atoms. The van der Waals surface area contributed by atoms with Crippen LogP contribution in [0, 0.1) is 0 Å². The van der Waals surface area contributed by atoms with E-state index in [-0.39, 0.29) is 0 Å². The summed E-state index contributed by atoms with van der Waals surface area (Å²) in [6.07, 6.45) is 7.72. The van der Waals surface area contributed by atoms with Gasteiger partial charge in [-0.25, -0.2) is 9.97 Å². The van der Waals surface area contributed by atoms with Crippen LogP contribution in [-0.2, 0) is 11.3 Å². The molecule has 6 nitrogen and oxygen atoms in total. The number of hydrogen-bond acceptors (Lipinski definition) is 6. The Morgan fingerprint density at radius 1 is 1.24 bits per heavy atom. The molecule has 110 valence electrons. The van der Waals surface area contributed by atoms with Crippen molar-refractivity contribution in [3.05, 3.63) is 42.5 Å². The first-order valence-electron chi connectivity index (χ1n) is 7.20. The third-order valence-corrected chi connectivity index (χ3v) is 3.40. The highest BCUT2D eigenvalue weighted by Crippen LogP contribution is 2.14. The molecule has 1 aliphatic heterocycles. The lowest BCUT2D eigenvalue weighted by Crippen LogP contribution is -2.19. The zero-order chi connectivity index (χ0) is 14.3. The van der Waals surface area contributed by atoms with E-state index in [2.05, 4.69) is 25.6 Å². The highest BCUT2D eigenvalue weighted by atomic mass is 16.5. The smallest absolute Gasteiger partial charge is 0.131 e. The zero-order valence-electron chi connectivity index (χ0n) is 11.8. The van der Waals surface area contributed by atoms with Gasteiger partial charge in [0.1, 0.15) is 18.0 Å². The molecule has 0 aliphatic carbocycles. The van der Waals surface area contributed by atoms with E-state index in [0.717, 1.165) is 43.2 Å². The standard InChI is InChI=1S/C15H19N5O/c1-3-12(8-16-5-1)9-17-14-7-15(20-11-19-14)18-10-13-4-2-6-21-13/h1,3,5,7-8,11,13H,2,4,6,9-10H2,(H2,17,18,19,20). The summed E-state index contributed by atoms with van der Waals surface area (Å²) in [4.78, 5) is 12.5. The third-order valence-electron chi connectivity index (χ3n) is 3.40. The molecule has 21 heavy (non-hydrogen) atoms. The van der Waals surface area contributed by atoms with Crippen LogP contribution in [0.15, 0.2) is 36.9 Å². The highest BCUT2D eigenvalue weighted by molar-refractivity contribution is 5.46. The molecule has 1 saturated heterocycles. The number of anilines is 2. The van der Waals surface area contributed by atoms with Crippen LogP contribution >= 0.6 is 0 Å². The van der Waals surface area contributed by atoms with Gasteiger partial charge in [0.05, 0.1) is 6.10 Å². The second-order valence-corrected chi connectivity index (χ2v) is 5.02. The molecule has 1 unspecified atom stereocenters. The van der Waals surface area contributed by atoms with E-state index >= 15 is 0 Å². The van der Waals surface area contributed by atoms with Crippen molar-refractivity contribution in [1.29, 1.82) is 0 Å². The van der Waals surface area contributed by atoms with Crippen LogP contribution < -0.4 is 10.6 Å². The Bertz CT molecular complexity index is 557. The first-order chi connectivity index (χ1) is 10.4. The van der Waals surface area contributed by atoms with Gasteiger partial charge in [-0.1, -0.05) is 6.07 Å². The van der Waals surface area contributed by atoms with Crippen LogP contribution in [0.3, 0.4) is 0 Å². The molecule has 6 heteroatoms. The van der Waals surface area contributed by atoms with Gasteiger partial charge in [0, 0.05) is 38.2 Å². The summed E-state index contributed by atoms with van der Waals surface area (Å²) in [7, 11) is 0. The minimum atomic E-state index is 0.298. The van der Waals surface area contributed by atoms with Crippen LogP contribution in [0.2, 0.25) is 0 Å². The molecule has 2 aromatic rings. The van der Waals surface area contributed by atoms with Crippen molar-refractivity contribution in [3.63, 3.8) is 0 Å². The number of ether oxygens (including phenoxy) is 1. The monoisotopic (exact) mass is 285 g/mol. The lowest BCUT2D eigenvalue weighted by molar-refractivity contribution is 0.120. The minimum Gasteiger partial charge on any atom is -0.376 e. The summed E-state index contributed by atoms with van der Waals surface area (Å²) in [6, 6.07) is 5.86. The molecular weight excluding hydrogens is 266 g/mol. The molecule has 1 aliphatic rings. The van der Waals surface area contributed by atoms with Crippen LogP contribution in [0.5, 0.6) is 0 Å². The number of aromatic nitrogens is 3. The van der Waals surface area contributed by atoms with Gasteiger partial charge in [0.25, 0.3) is 0 Å². The van der Waals surface area contributed by atoms with Crippen molar-refractivity contribution in [3.8, 4) is 0 Å². The predicted molar refractivity (Wildman–Crippen MR) is 81.1 cm³/mol. The zero-order valence-corrected chi connectivity index (χ0v) is 11.8. The van der Waals surface area contributed by atoms with Crippen molar-refractivity contribution < 1.29 is 4.74 Å². The molecule has 0 radical (unpaired) electrons. The first-order valence-corrected chi connectivity index (χ1v) is 7.20. The summed E-state index contributed by atoms with van der Waals surface area (Å²) in [5, 5.41) is 6.56. The van der Waals surface area contributed by atoms with Crippen molar-refractivity contribution in [1.82, 2.24) is 15.0 Å². The highest BCUT2D eigenvalue weighted by Gasteiger charge is 2.14. The predicted octanol–water partition coefficient (Wildman–Crippen LogP) is 2.07. The fourth-order valence-corrected chi connectivity index (χ4v) is 2.27.